The quantitative estimate of drug-likeness (QED) is 0.606. The third-order valence-electron chi connectivity index (χ3n) is 2.44. The molecular weight excluding hydrogens is 417 g/mol. The van der Waals surface area contributed by atoms with Crippen molar-refractivity contribution in [2.45, 2.75) is 34.7 Å². The number of aliphatic hydroxyl groups is 1. The van der Waals surface area contributed by atoms with Crippen LogP contribution in [0.4, 0.5) is 65.4 Å². The minimum absolute atomic E-state index is 3.78. The highest BCUT2D eigenvalue weighted by Gasteiger charge is 2.90. The van der Waals surface area contributed by atoms with Crippen LogP contribution in [0.1, 0.15) is 0 Å². The smallest absolute Gasteiger partial charge is 0.384 e. The summed E-state index contributed by atoms with van der Waals surface area (Å²) in [5.74, 6) is -19.8. The fraction of sp³-hybridized carbons (Fsp3) is 1.00. The molecule has 0 bridgehead atoms. The zero-order chi connectivity index (χ0) is 20.2. The van der Waals surface area contributed by atoms with Gasteiger partial charge in [0.25, 0.3) is 0 Å². The molecule has 0 aromatic rings. The highest BCUT2D eigenvalue weighted by molar-refractivity contribution is 8.31. The summed E-state index contributed by atoms with van der Waals surface area (Å²) in [5, 5.41) is -7.47. The molecule has 1 nitrogen and oxygen atoms in total. The molecule has 0 spiro atoms. The number of aliphatic hydroxyl groups excluding tert-OH is 1. The largest absolute Gasteiger partial charge is 0.465 e. The minimum atomic E-state index is -8.36. The van der Waals surface area contributed by atoms with Crippen molar-refractivity contribution in [1.82, 2.24) is 0 Å². The third-order valence-corrected chi connectivity index (χ3v) is 4.91. The number of rotatable bonds is 5. The average molecular weight is 420 g/mol. The van der Waals surface area contributed by atoms with E-state index in [1.54, 1.807) is 0 Å². The fourth-order valence-corrected chi connectivity index (χ4v) is 2.62. The summed E-state index contributed by atoms with van der Waals surface area (Å²) in [5.41, 5.74) is 0. The first kappa shape index (κ1) is 23.3. The number of halogens is 15. The van der Waals surface area contributed by atoms with E-state index >= 15 is 0 Å². The summed E-state index contributed by atoms with van der Waals surface area (Å²) in [4.78, 5) is 0. The van der Waals surface area contributed by atoms with Crippen LogP contribution in [0.5, 0.6) is 0 Å². The minimum Gasteiger partial charge on any atom is -0.384 e. The average Bonchev–Trinajstić information content (AvgIpc) is 2.33. The van der Waals surface area contributed by atoms with Gasteiger partial charge in [-0.15, -0.1) is 0 Å². The van der Waals surface area contributed by atoms with Crippen molar-refractivity contribution in [2.24, 2.45) is 0 Å². The number of alkyl halides is 14. The van der Waals surface area contributed by atoms with Gasteiger partial charge in [0, 0.05) is 0 Å². The van der Waals surface area contributed by atoms with E-state index in [-0.39, 0.29) is 0 Å². The highest BCUT2D eigenvalue weighted by Crippen LogP contribution is 2.79. The number of hydrogen-bond acceptors (Lipinski definition) is 1. The van der Waals surface area contributed by atoms with Gasteiger partial charge < -0.3 is 5.11 Å². The van der Waals surface area contributed by atoms with E-state index in [1.165, 1.54) is 0 Å². The van der Waals surface area contributed by atoms with Gasteiger partial charge in [0.2, 0.25) is 0 Å². The Bertz CT molecular complexity index is 463. The third kappa shape index (κ3) is 2.76. The van der Waals surface area contributed by atoms with Crippen LogP contribution < -0.4 is 0 Å². The van der Waals surface area contributed by atoms with Crippen LogP contribution in [0.25, 0.3) is 0 Å². The first-order chi connectivity index (χ1) is 10.1. The highest BCUT2D eigenvalue weighted by atomic mass is 32.3. The van der Waals surface area contributed by atoms with E-state index in [0.29, 0.717) is 0 Å². The first-order valence-corrected chi connectivity index (χ1v) is 6.52. The second-order valence-corrected chi connectivity index (χ2v) is 6.55. The van der Waals surface area contributed by atoms with Crippen LogP contribution in [-0.4, -0.2) is 45.8 Å². The topological polar surface area (TPSA) is 20.2 Å². The Morgan fingerprint density at radius 3 is 1.08 bits per heavy atom. The summed E-state index contributed by atoms with van der Waals surface area (Å²) >= 11 is 0. The Balaban J connectivity index is 6.57. The fourth-order valence-electron chi connectivity index (χ4n) is 1.07. The Kier molecular flexibility index (Phi) is 5.46. The van der Waals surface area contributed by atoms with Gasteiger partial charge in [-0.3, -0.25) is 0 Å². The standard InChI is InChI=1S/C7H3F15OS/c8-2(9,4(12,13)14)3(10,11)6(18,19)24(22,1-23)7(20,21)5(15,16)17/h23H,1H2. The molecular formula is C7H3F15OS. The summed E-state index contributed by atoms with van der Waals surface area (Å²) in [6.45, 7) is 0. The number of hydrogen-bond donors (Lipinski definition) is 1. The van der Waals surface area contributed by atoms with Crippen molar-refractivity contribution < 1.29 is 70.5 Å². The Labute approximate surface area is 123 Å². The molecule has 0 aromatic carbocycles. The lowest BCUT2D eigenvalue weighted by molar-refractivity contribution is -0.383. The van der Waals surface area contributed by atoms with Crippen LogP contribution in [0, 0.1) is 0 Å². The van der Waals surface area contributed by atoms with Gasteiger partial charge in [0.15, 0.2) is 0 Å². The van der Waals surface area contributed by atoms with Crippen LogP contribution in [0.3, 0.4) is 0 Å². The molecule has 0 aliphatic carbocycles. The monoisotopic (exact) mass is 420 g/mol. The molecule has 148 valence electrons. The molecule has 0 saturated heterocycles. The molecule has 1 atom stereocenters. The van der Waals surface area contributed by atoms with Crippen molar-refractivity contribution in [3.05, 3.63) is 0 Å². The van der Waals surface area contributed by atoms with Crippen molar-refractivity contribution in [2.75, 3.05) is 5.94 Å². The van der Waals surface area contributed by atoms with Gasteiger partial charge in [-0.1, -0.05) is 0 Å². The summed E-state index contributed by atoms with van der Waals surface area (Å²) in [7, 11) is -8.36. The van der Waals surface area contributed by atoms with Gasteiger partial charge >= 0.3 is 34.7 Å². The molecule has 0 aromatic heterocycles. The SMILES string of the molecule is OCS(F)(C(F)(F)C(F)(F)F)C(F)(F)C(F)(F)C(F)(F)C(F)(F)F. The molecule has 24 heavy (non-hydrogen) atoms. The van der Waals surface area contributed by atoms with E-state index in [4.69, 9.17) is 5.11 Å². The van der Waals surface area contributed by atoms with Gasteiger partial charge in [0.05, 0.1) is 10.4 Å². The summed E-state index contributed by atoms with van der Waals surface area (Å²) in [6.07, 6.45) is -15.0. The maximum absolute atomic E-state index is 13.4. The molecule has 0 heterocycles. The Morgan fingerprint density at radius 2 is 0.875 bits per heavy atom. The molecule has 0 rings (SSSR count). The zero-order valence-corrected chi connectivity index (χ0v) is 11.0. The molecule has 0 aliphatic rings. The van der Waals surface area contributed by atoms with E-state index in [2.05, 4.69) is 0 Å². The zero-order valence-electron chi connectivity index (χ0n) is 10.2. The second-order valence-electron chi connectivity index (χ2n) is 3.96. The van der Waals surface area contributed by atoms with Crippen LogP contribution >= 0.6 is 10.4 Å². The molecule has 17 heteroatoms. The lowest BCUT2D eigenvalue weighted by Crippen LogP contribution is -2.64. The molecule has 0 fully saturated rings. The summed E-state index contributed by atoms with van der Waals surface area (Å²) in [6, 6.07) is 0. The predicted molar refractivity (Wildman–Crippen MR) is 47.7 cm³/mol. The molecule has 0 radical (unpaired) electrons. The van der Waals surface area contributed by atoms with Crippen molar-refractivity contribution in [3.63, 3.8) is 0 Å². The van der Waals surface area contributed by atoms with E-state index < -0.39 is 51.1 Å². The summed E-state index contributed by atoms with van der Waals surface area (Å²) < 4.78 is 186. The molecule has 1 N–H and O–H groups in total. The van der Waals surface area contributed by atoms with Crippen LogP contribution in [-0.2, 0) is 0 Å². The first-order valence-electron chi connectivity index (χ1n) is 4.81. The molecule has 1 unspecified atom stereocenters. The van der Waals surface area contributed by atoms with Gasteiger partial charge in [0.1, 0.15) is 5.94 Å². The van der Waals surface area contributed by atoms with Gasteiger partial charge in [-0.2, -0.15) is 65.4 Å². The predicted octanol–water partition coefficient (Wildman–Crippen LogP) is 5.21. The van der Waals surface area contributed by atoms with Crippen molar-refractivity contribution in [3.8, 4) is 0 Å². The van der Waals surface area contributed by atoms with Crippen LogP contribution in [0.15, 0.2) is 0 Å². The van der Waals surface area contributed by atoms with Gasteiger partial charge in [-0.25, -0.2) is 0 Å². The Morgan fingerprint density at radius 1 is 0.542 bits per heavy atom. The van der Waals surface area contributed by atoms with E-state index in [9.17, 15) is 65.4 Å². The lowest BCUT2D eigenvalue weighted by atomic mass is 10.1. The lowest BCUT2D eigenvalue weighted by Gasteiger charge is -2.45. The molecule has 0 amide bonds. The van der Waals surface area contributed by atoms with E-state index in [0.717, 1.165) is 0 Å². The molecule has 0 saturated carbocycles. The normalized spacial score (nSPS) is 19.8. The van der Waals surface area contributed by atoms with Crippen molar-refractivity contribution >= 4 is 10.4 Å². The van der Waals surface area contributed by atoms with E-state index in [1.807, 2.05) is 0 Å². The molecule has 0 aliphatic heterocycles. The second kappa shape index (κ2) is 5.63. The van der Waals surface area contributed by atoms with Crippen LogP contribution in [0.2, 0.25) is 0 Å². The Hall–Kier alpha value is -0.740. The van der Waals surface area contributed by atoms with Gasteiger partial charge in [-0.05, 0) is 0 Å². The maximum Gasteiger partial charge on any atom is 0.465 e. The van der Waals surface area contributed by atoms with Crippen molar-refractivity contribution in [1.29, 1.82) is 0 Å². The maximum atomic E-state index is 13.4.